The molecule has 11 heavy (non-hydrogen) atoms. The lowest BCUT2D eigenvalue weighted by Crippen LogP contribution is -2.13. The maximum absolute atomic E-state index is 9.35. The van der Waals surface area contributed by atoms with Gasteiger partial charge in [-0.2, -0.15) is 0 Å². The summed E-state index contributed by atoms with van der Waals surface area (Å²) in [5.41, 5.74) is 0. The number of aliphatic hydroxyl groups is 1. The van der Waals surface area contributed by atoms with Crippen molar-refractivity contribution in [3.05, 3.63) is 25.2 Å². The van der Waals surface area contributed by atoms with E-state index in [1.807, 2.05) is 13.8 Å². The van der Waals surface area contributed by atoms with Gasteiger partial charge in [0.25, 0.3) is 0 Å². The molecular formula is C9H16O2. The summed E-state index contributed by atoms with van der Waals surface area (Å²) < 4.78 is 4.82. The lowest BCUT2D eigenvalue weighted by molar-refractivity contribution is 0.125. The van der Waals surface area contributed by atoms with Crippen LogP contribution >= 0.6 is 0 Å². The first-order chi connectivity index (χ1) is 5.07. The molecule has 0 radical (unpaired) electrons. The summed E-state index contributed by atoms with van der Waals surface area (Å²) in [4.78, 5) is 0. The Labute approximate surface area is 68.2 Å². The third-order valence-corrected chi connectivity index (χ3v) is 1.30. The zero-order valence-corrected chi connectivity index (χ0v) is 7.21. The molecule has 0 amide bonds. The second kappa shape index (κ2) is 4.97. The summed E-state index contributed by atoms with van der Waals surface area (Å²) in [6.07, 6.45) is 1.37. The molecule has 0 heterocycles. The maximum Gasteiger partial charge on any atom is 0.124 e. The van der Waals surface area contributed by atoms with Gasteiger partial charge in [0.1, 0.15) is 11.9 Å². The predicted molar refractivity (Wildman–Crippen MR) is 45.9 cm³/mol. The predicted octanol–water partition coefficient (Wildman–Crippen LogP) is 2.07. The highest BCUT2D eigenvalue weighted by Crippen LogP contribution is 2.11. The highest BCUT2D eigenvalue weighted by molar-refractivity contribution is 4.93. The summed E-state index contributed by atoms with van der Waals surface area (Å²) in [7, 11) is 0. The molecule has 0 rings (SSSR count). The minimum atomic E-state index is -0.576. The molecule has 0 aliphatic rings. The molecule has 0 saturated heterocycles. The van der Waals surface area contributed by atoms with Crippen LogP contribution in [0.2, 0.25) is 0 Å². The van der Waals surface area contributed by atoms with Gasteiger partial charge < -0.3 is 9.84 Å². The Kier molecular flexibility index (Phi) is 4.62. The Balaban J connectivity index is 3.72. The van der Waals surface area contributed by atoms with Crippen LogP contribution in [0.4, 0.5) is 0 Å². The van der Waals surface area contributed by atoms with Crippen LogP contribution in [0.15, 0.2) is 25.2 Å². The smallest absolute Gasteiger partial charge is 0.124 e. The van der Waals surface area contributed by atoms with Crippen molar-refractivity contribution in [1.82, 2.24) is 0 Å². The fraction of sp³-hybridized carbons (Fsp3) is 0.556. The zero-order chi connectivity index (χ0) is 8.85. The van der Waals surface area contributed by atoms with Crippen LogP contribution in [0.1, 0.15) is 20.3 Å². The van der Waals surface area contributed by atoms with Gasteiger partial charge in [-0.3, -0.25) is 0 Å². The van der Waals surface area contributed by atoms with Gasteiger partial charge in [0.15, 0.2) is 0 Å². The van der Waals surface area contributed by atoms with Gasteiger partial charge in [-0.05, 0) is 12.3 Å². The standard InChI is InChI=1S/C9H16O2/c1-5-11-8(4)9(10)6-7(2)3/h5,7,9-10H,1,4,6H2,2-3H3. The maximum atomic E-state index is 9.35. The molecule has 2 heteroatoms. The third-order valence-electron chi connectivity index (χ3n) is 1.30. The summed E-state index contributed by atoms with van der Waals surface area (Å²) >= 11 is 0. The fourth-order valence-electron chi connectivity index (χ4n) is 0.764. The van der Waals surface area contributed by atoms with Crippen molar-refractivity contribution < 1.29 is 9.84 Å². The van der Waals surface area contributed by atoms with Gasteiger partial charge in [0.05, 0.1) is 6.26 Å². The lowest BCUT2D eigenvalue weighted by atomic mass is 10.1. The Hall–Kier alpha value is -0.760. The van der Waals surface area contributed by atoms with Crippen LogP contribution in [0.25, 0.3) is 0 Å². The first-order valence-corrected chi connectivity index (χ1v) is 3.72. The van der Waals surface area contributed by atoms with E-state index >= 15 is 0 Å². The number of rotatable bonds is 5. The van der Waals surface area contributed by atoms with E-state index in [9.17, 15) is 5.11 Å². The number of hydrogen-bond donors (Lipinski definition) is 1. The largest absolute Gasteiger partial charge is 0.468 e. The molecule has 0 aromatic carbocycles. The van der Waals surface area contributed by atoms with Crippen LogP contribution in [-0.4, -0.2) is 11.2 Å². The molecule has 0 aromatic heterocycles. The molecule has 0 aromatic rings. The van der Waals surface area contributed by atoms with E-state index in [0.717, 1.165) is 0 Å². The Morgan fingerprint density at radius 2 is 2.18 bits per heavy atom. The van der Waals surface area contributed by atoms with E-state index in [0.29, 0.717) is 18.1 Å². The van der Waals surface area contributed by atoms with Crippen molar-refractivity contribution >= 4 is 0 Å². The number of ether oxygens (including phenoxy) is 1. The molecule has 0 bridgehead atoms. The Morgan fingerprint density at radius 1 is 1.64 bits per heavy atom. The van der Waals surface area contributed by atoms with Gasteiger partial charge in [0, 0.05) is 0 Å². The molecule has 0 aliphatic carbocycles. The molecule has 0 spiro atoms. The second-order valence-electron chi connectivity index (χ2n) is 2.90. The minimum absolute atomic E-state index is 0.369. The highest BCUT2D eigenvalue weighted by atomic mass is 16.5. The third kappa shape index (κ3) is 4.62. The van der Waals surface area contributed by atoms with Crippen molar-refractivity contribution in [1.29, 1.82) is 0 Å². The van der Waals surface area contributed by atoms with Crippen LogP contribution in [-0.2, 0) is 4.74 Å². The van der Waals surface area contributed by atoms with E-state index in [1.165, 1.54) is 6.26 Å². The lowest BCUT2D eigenvalue weighted by Gasteiger charge is -2.13. The topological polar surface area (TPSA) is 29.5 Å². The van der Waals surface area contributed by atoms with Crippen LogP contribution in [0, 0.1) is 5.92 Å². The molecule has 2 nitrogen and oxygen atoms in total. The minimum Gasteiger partial charge on any atom is -0.468 e. The van der Waals surface area contributed by atoms with E-state index in [1.54, 1.807) is 0 Å². The average molecular weight is 156 g/mol. The monoisotopic (exact) mass is 156 g/mol. The second-order valence-corrected chi connectivity index (χ2v) is 2.90. The molecule has 1 unspecified atom stereocenters. The van der Waals surface area contributed by atoms with Crippen molar-refractivity contribution in [3.63, 3.8) is 0 Å². The van der Waals surface area contributed by atoms with E-state index in [4.69, 9.17) is 4.74 Å². The quantitative estimate of drug-likeness (QED) is 0.617. The number of aliphatic hydroxyl groups excluding tert-OH is 1. The van der Waals surface area contributed by atoms with Crippen molar-refractivity contribution in [3.8, 4) is 0 Å². The average Bonchev–Trinajstić information content (AvgIpc) is 1.86. The van der Waals surface area contributed by atoms with Gasteiger partial charge in [-0.25, -0.2) is 0 Å². The molecule has 0 saturated carbocycles. The summed E-state index contributed by atoms with van der Waals surface area (Å²) in [6, 6.07) is 0. The molecular weight excluding hydrogens is 140 g/mol. The van der Waals surface area contributed by atoms with E-state index < -0.39 is 6.10 Å². The molecule has 1 atom stereocenters. The Morgan fingerprint density at radius 3 is 2.55 bits per heavy atom. The first-order valence-electron chi connectivity index (χ1n) is 3.72. The molecule has 0 aliphatic heterocycles. The van der Waals surface area contributed by atoms with Crippen molar-refractivity contribution in [2.75, 3.05) is 0 Å². The summed E-state index contributed by atoms with van der Waals surface area (Å²) in [5.74, 6) is 0.809. The fourth-order valence-corrected chi connectivity index (χ4v) is 0.764. The van der Waals surface area contributed by atoms with E-state index in [-0.39, 0.29) is 0 Å². The van der Waals surface area contributed by atoms with Crippen LogP contribution in [0.3, 0.4) is 0 Å². The molecule has 1 N–H and O–H groups in total. The van der Waals surface area contributed by atoms with Gasteiger partial charge in [0.2, 0.25) is 0 Å². The molecule has 0 fully saturated rings. The SMILES string of the molecule is C=COC(=C)C(O)CC(C)C. The zero-order valence-electron chi connectivity index (χ0n) is 7.21. The van der Waals surface area contributed by atoms with Crippen molar-refractivity contribution in [2.24, 2.45) is 5.92 Å². The Bertz CT molecular complexity index is 138. The molecule has 64 valence electrons. The van der Waals surface area contributed by atoms with E-state index in [2.05, 4.69) is 13.2 Å². The van der Waals surface area contributed by atoms with Gasteiger partial charge in [-0.1, -0.05) is 27.0 Å². The highest BCUT2D eigenvalue weighted by Gasteiger charge is 2.10. The summed E-state index contributed by atoms with van der Waals surface area (Å²) in [5, 5.41) is 9.35. The normalized spacial score (nSPS) is 12.7. The summed E-state index contributed by atoms with van der Waals surface area (Å²) in [6.45, 7) is 11.0. The van der Waals surface area contributed by atoms with Crippen LogP contribution in [0.5, 0.6) is 0 Å². The van der Waals surface area contributed by atoms with Gasteiger partial charge >= 0.3 is 0 Å². The number of hydrogen-bond acceptors (Lipinski definition) is 2. The first kappa shape index (κ1) is 10.2. The van der Waals surface area contributed by atoms with Gasteiger partial charge in [-0.15, -0.1) is 0 Å². The van der Waals surface area contributed by atoms with Crippen LogP contribution < -0.4 is 0 Å². The van der Waals surface area contributed by atoms with Crippen molar-refractivity contribution in [2.45, 2.75) is 26.4 Å².